The summed E-state index contributed by atoms with van der Waals surface area (Å²) in [6.45, 7) is 2.64. The molecule has 0 bridgehead atoms. The van der Waals surface area contributed by atoms with E-state index in [1.165, 1.54) is 0 Å². The van der Waals surface area contributed by atoms with Crippen LogP contribution < -0.4 is 5.32 Å². The Kier molecular flexibility index (Phi) is 5.35. The molecule has 0 aromatic carbocycles. The van der Waals surface area contributed by atoms with Gasteiger partial charge in [0.05, 0.1) is 6.20 Å². The van der Waals surface area contributed by atoms with Gasteiger partial charge in [-0.15, -0.1) is 0 Å². The van der Waals surface area contributed by atoms with Crippen molar-refractivity contribution in [2.75, 3.05) is 18.5 Å². The topological polar surface area (TPSA) is 88.8 Å². The van der Waals surface area contributed by atoms with E-state index >= 15 is 0 Å². The molecule has 2 N–H and O–H groups in total. The molecule has 0 aliphatic rings. The van der Waals surface area contributed by atoms with Gasteiger partial charge in [0.25, 0.3) is 0 Å². The van der Waals surface area contributed by atoms with Crippen LogP contribution in [0.5, 0.6) is 0 Å². The molecule has 0 amide bonds. The van der Waals surface area contributed by atoms with Gasteiger partial charge in [-0.1, -0.05) is 6.07 Å². The van der Waals surface area contributed by atoms with Crippen LogP contribution in [0.4, 0.5) is 5.82 Å². The Morgan fingerprint density at radius 3 is 2.84 bits per heavy atom. The first kappa shape index (κ1) is 17.0. The van der Waals surface area contributed by atoms with Gasteiger partial charge in [-0.3, -0.25) is 9.67 Å². The Morgan fingerprint density at radius 2 is 2.16 bits per heavy atom. The molecule has 3 aromatic heterocycles. The molecule has 0 aliphatic heterocycles. The SMILES string of the molecule is Cc1cc(NCC(CO)Cc2cnn(C)c2)nc(-c2ccccn2)n1. The molecule has 1 atom stereocenters. The molecular weight excluding hydrogens is 316 g/mol. The minimum absolute atomic E-state index is 0.0813. The number of nitrogens with zero attached hydrogens (tertiary/aromatic N) is 5. The molecule has 0 aliphatic carbocycles. The minimum Gasteiger partial charge on any atom is -0.396 e. The molecule has 0 saturated carbocycles. The van der Waals surface area contributed by atoms with E-state index in [9.17, 15) is 5.11 Å². The average molecular weight is 338 g/mol. The molecule has 0 spiro atoms. The van der Waals surface area contributed by atoms with Gasteiger partial charge in [0.15, 0.2) is 5.82 Å². The molecule has 0 fully saturated rings. The summed E-state index contributed by atoms with van der Waals surface area (Å²) in [5, 5.41) is 17.1. The van der Waals surface area contributed by atoms with Crippen LogP contribution in [0, 0.1) is 12.8 Å². The van der Waals surface area contributed by atoms with Crippen LogP contribution in [0.15, 0.2) is 42.9 Å². The smallest absolute Gasteiger partial charge is 0.180 e. The standard InChI is InChI=1S/C18H22N6O/c1-13-7-17(23-18(22-13)16-5-3-4-6-19-16)20-9-15(12-25)8-14-10-21-24(2)11-14/h3-7,10-11,15,25H,8-9,12H2,1-2H3,(H,20,22,23). The first-order valence-corrected chi connectivity index (χ1v) is 8.23. The van der Waals surface area contributed by atoms with Crippen molar-refractivity contribution >= 4 is 5.82 Å². The van der Waals surface area contributed by atoms with Crippen molar-refractivity contribution in [3.8, 4) is 11.5 Å². The van der Waals surface area contributed by atoms with Gasteiger partial charge in [-0.2, -0.15) is 5.10 Å². The first-order valence-electron chi connectivity index (χ1n) is 8.23. The fourth-order valence-electron chi connectivity index (χ4n) is 2.63. The van der Waals surface area contributed by atoms with Crippen molar-refractivity contribution in [2.24, 2.45) is 13.0 Å². The van der Waals surface area contributed by atoms with Crippen molar-refractivity contribution < 1.29 is 5.11 Å². The van der Waals surface area contributed by atoms with Gasteiger partial charge >= 0.3 is 0 Å². The zero-order chi connectivity index (χ0) is 17.6. The summed E-state index contributed by atoms with van der Waals surface area (Å²) < 4.78 is 1.77. The number of anilines is 1. The summed E-state index contributed by atoms with van der Waals surface area (Å²) in [5.74, 6) is 1.41. The lowest BCUT2D eigenvalue weighted by Gasteiger charge is -2.15. The summed E-state index contributed by atoms with van der Waals surface area (Å²) in [6.07, 6.45) is 6.28. The largest absolute Gasteiger partial charge is 0.396 e. The Morgan fingerprint density at radius 1 is 1.28 bits per heavy atom. The summed E-state index contributed by atoms with van der Waals surface area (Å²) in [4.78, 5) is 13.3. The molecular formula is C18H22N6O. The third kappa shape index (κ3) is 4.60. The second-order valence-electron chi connectivity index (χ2n) is 6.09. The number of hydrogen-bond acceptors (Lipinski definition) is 6. The molecule has 25 heavy (non-hydrogen) atoms. The molecule has 7 nitrogen and oxygen atoms in total. The lowest BCUT2D eigenvalue weighted by Crippen LogP contribution is -2.21. The van der Waals surface area contributed by atoms with Crippen LogP contribution in [-0.4, -0.2) is 43.0 Å². The van der Waals surface area contributed by atoms with E-state index in [-0.39, 0.29) is 12.5 Å². The van der Waals surface area contributed by atoms with Crippen LogP contribution >= 0.6 is 0 Å². The predicted octanol–water partition coefficient (Wildman–Crippen LogP) is 1.84. The van der Waals surface area contributed by atoms with Crippen molar-refractivity contribution in [1.82, 2.24) is 24.7 Å². The van der Waals surface area contributed by atoms with E-state index < -0.39 is 0 Å². The lowest BCUT2D eigenvalue weighted by atomic mass is 10.0. The van der Waals surface area contributed by atoms with E-state index in [0.29, 0.717) is 12.4 Å². The number of pyridine rings is 1. The van der Waals surface area contributed by atoms with Crippen molar-refractivity contribution in [3.63, 3.8) is 0 Å². The highest BCUT2D eigenvalue weighted by Gasteiger charge is 2.12. The number of rotatable bonds is 7. The maximum absolute atomic E-state index is 9.65. The molecule has 3 rings (SSSR count). The van der Waals surface area contributed by atoms with E-state index in [4.69, 9.17) is 0 Å². The third-order valence-electron chi connectivity index (χ3n) is 3.86. The number of aliphatic hydroxyl groups excluding tert-OH is 1. The lowest BCUT2D eigenvalue weighted by molar-refractivity contribution is 0.232. The number of aliphatic hydroxyl groups is 1. The second-order valence-corrected chi connectivity index (χ2v) is 6.09. The molecule has 130 valence electrons. The van der Waals surface area contributed by atoms with Crippen molar-refractivity contribution in [1.29, 1.82) is 0 Å². The third-order valence-corrected chi connectivity index (χ3v) is 3.86. The molecule has 3 aromatic rings. The summed E-state index contributed by atoms with van der Waals surface area (Å²) >= 11 is 0. The van der Waals surface area contributed by atoms with Crippen LogP contribution in [0.2, 0.25) is 0 Å². The fraction of sp³-hybridized carbons (Fsp3) is 0.333. The maximum Gasteiger partial charge on any atom is 0.180 e. The zero-order valence-electron chi connectivity index (χ0n) is 14.4. The second kappa shape index (κ2) is 7.85. The van der Waals surface area contributed by atoms with Gasteiger partial charge in [-0.25, -0.2) is 9.97 Å². The zero-order valence-corrected chi connectivity index (χ0v) is 14.4. The van der Waals surface area contributed by atoms with Gasteiger partial charge < -0.3 is 10.4 Å². The Labute approximate surface area is 146 Å². The molecule has 0 saturated heterocycles. The average Bonchev–Trinajstić information content (AvgIpc) is 3.04. The highest BCUT2D eigenvalue weighted by molar-refractivity contribution is 5.52. The highest BCUT2D eigenvalue weighted by Crippen LogP contribution is 2.16. The summed E-state index contributed by atoms with van der Waals surface area (Å²) in [6, 6.07) is 7.56. The van der Waals surface area contributed by atoms with Gasteiger partial charge in [0.1, 0.15) is 11.5 Å². The maximum atomic E-state index is 9.65. The van der Waals surface area contributed by atoms with Gasteiger partial charge in [-0.05, 0) is 31.0 Å². The van der Waals surface area contributed by atoms with Crippen LogP contribution in [0.1, 0.15) is 11.3 Å². The Bertz CT molecular complexity index is 817. The van der Waals surface area contributed by atoms with Crippen molar-refractivity contribution in [2.45, 2.75) is 13.3 Å². The first-order chi connectivity index (χ1) is 12.1. The van der Waals surface area contributed by atoms with Gasteiger partial charge in [0.2, 0.25) is 0 Å². The molecule has 3 heterocycles. The molecule has 7 heteroatoms. The quantitative estimate of drug-likeness (QED) is 0.683. The highest BCUT2D eigenvalue weighted by atomic mass is 16.3. The number of aromatic nitrogens is 5. The normalized spacial score (nSPS) is 12.1. The van der Waals surface area contributed by atoms with Crippen LogP contribution in [0.25, 0.3) is 11.5 Å². The minimum atomic E-state index is 0.0813. The Balaban J connectivity index is 1.68. The van der Waals surface area contributed by atoms with Gasteiger partial charge in [0, 0.05) is 50.3 Å². The van der Waals surface area contributed by atoms with E-state index in [0.717, 1.165) is 29.2 Å². The number of aryl methyl sites for hydroxylation is 2. The number of nitrogens with one attached hydrogen (secondary N) is 1. The van der Waals surface area contributed by atoms with E-state index in [2.05, 4.69) is 25.4 Å². The molecule has 0 radical (unpaired) electrons. The van der Waals surface area contributed by atoms with E-state index in [1.54, 1.807) is 10.9 Å². The Hall–Kier alpha value is -2.80. The fourth-order valence-corrected chi connectivity index (χ4v) is 2.63. The summed E-state index contributed by atoms with van der Waals surface area (Å²) in [5.41, 5.74) is 2.71. The molecule has 1 unspecified atom stereocenters. The van der Waals surface area contributed by atoms with Crippen LogP contribution in [0.3, 0.4) is 0 Å². The monoisotopic (exact) mass is 338 g/mol. The van der Waals surface area contributed by atoms with E-state index in [1.807, 2.05) is 50.6 Å². The van der Waals surface area contributed by atoms with Crippen LogP contribution in [-0.2, 0) is 13.5 Å². The summed E-state index contributed by atoms with van der Waals surface area (Å²) in [7, 11) is 1.89. The predicted molar refractivity (Wildman–Crippen MR) is 96.0 cm³/mol. The van der Waals surface area contributed by atoms with Crippen molar-refractivity contribution in [3.05, 3.63) is 54.1 Å². The number of hydrogen-bond donors (Lipinski definition) is 2.